The summed E-state index contributed by atoms with van der Waals surface area (Å²) in [6.07, 6.45) is 0. The predicted octanol–water partition coefficient (Wildman–Crippen LogP) is 9.34. The molecule has 1 spiro atoms. The smallest absolute Gasteiger partial charge is 0.171 e. The van der Waals surface area contributed by atoms with Crippen LogP contribution in [0.15, 0.2) is 176 Å². The van der Waals surface area contributed by atoms with E-state index in [4.69, 9.17) is 0 Å². The van der Waals surface area contributed by atoms with Gasteiger partial charge in [-0.05, 0) is 67.8 Å². The van der Waals surface area contributed by atoms with Crippen molar-refractivity contribution in [3.8, 4) is 33.4 Å². The monoisotopic (exact) mass is 592 g/mol. The van der Waals surface area contributed by atoms with Crippen molar-refractivity contribution < 1.29 is 4.57 Å². The average molecular weight is 593 g/mol. The summed E-state index contributed by atoms with van der Waals surface area (Å²) < 4.78 is 15.2. The first kappa shape index (κ1) is 26.2. The number of benzene rings is 7. The highest BCUT2D eigenvalue weighted by molar-refractivity contribution is 7.85. The molecule has 0 saturated heterocycles. The van der Waals surface area contributed by atoms with Crippen LogP contribution in [-0.2, 0) is 9.98 Å². The first-order valence-corrected chi connectivity index (χ1v) is 17.2. The van der Waals surface area contributed by atoms with Crippen LogP contribution in [0.1, 0.15) is 22.3 Å². The molecule has 1 nitrogen and oxygen atoms in total. The van der Waals surface area contributed by atoms with Gasteiger partial charge in [-0.25, -0.2) is 0 Å². The van der Waals surface area contributed by atoms with E-state index in [1.165, 1.54) is 44.5 Å². The summed E-state index contributed by atoms with van der Waals surface area (Å²) in [5, 5.41) is 2.53. The highest BCUT2D eigenvalue weighted by Gasteiger charge is 2.51. The van der Waals surface area contributed by atoms with Gasteiger partial charge in [0, 0.05) is 15.9 Å². The van der Waals surface area contributed by atoms with E-state index < -0.39 is 7.14 Å². The lowest BCUT2D eigenvalue weighted by Gasteiger charge is -2.30. The van der Waals surface area contributed by atoms with Crippen LogP contribution in [0.3, 0.4) is 0 Å². The average Bonchev–Trinajstić information content (AvgIpc) is 3.59. The number of fused-ring (bicyclic) bond motifs is 10. The molecule has 0 N–H and O–H groups in total. The Morgan fingerprint density at radius 3 is 1.31 bits per heavy atom. The van der Waals surface area contributed by atoms with Crippen LogP contribution in [0.4, 0.5) is 0 Å². The second kappa shape index (κ2) is 9.89. The molecule has 212 valence electrons. The first-order valence-electron chi connectivity index (χ1n) is 15.5. The lowest BCUT2D eigenvalue weighted by Crippen LogP contribution is -2.25. The molecule has 0 unspecified atom stereocenters. The normalized spacial score (nSPS) is 13.6. The van der Waals surface area contributed by atoms with Crippen molar-refractivity contribution in [2.45, 2.75) is 5.41 Å². The fraction of sp³-hybridized carbons (Fsp3) is 0.0233. The third-order valence-electron chi connectivity index (χ3n) is 9.78. The van der Waals surface area contributed by atoms with Crippen molar-refractivity contribution in [2.75, 3.05) is 0 Å². The molecule has 0 heterocycles. The van der Waals surface area contributed by atoms with Crippen LogP contribution in [0.2, 0.25) is 0 Å². The van der Waals surface area contributed by atoms with E-state index >= 15 is 4.57 Å². The highest BCUT2D eigenvalue weighted by Crippen LogP contribution is 2.62. The van der Waals surface area contributed by atoms with Crippen molar-refractivity contribution >= 4 is 23.1 Å². The van der Waals surface area contributed by atoms with E-state index in [1.807, 2.05) is 66.7 Å². The fourth-order valence-corrected chi connectivity index (χ4v) is 10.6. The molecule has 0 aliphatic heterocycles. The van der Waals surface area contributed by atoms with Crippen molar-refractivity contribution in [3.63, 3.8) is 0 Å². The van der Waals surface area contributed by atoms with Crippen LogP contribution >= 0.6 is 7.14 Å². The van der Waals surface area contributed by atoms with Gasteiger partial charge in [0.15, 0.2) is 7.14 Å². The molecule has 0 fully saturated rings. The quantitative estimate of drug-likeness (QED) is 0.186. The van der Waals surface area contributed by atoms with E-state index in [2.05, 4.69) is 109 Å². The third-order valence-corrected chi connectivity index (χ3v) is 12.8. The molecule has 0 saturated carbocycles. The lowest BCUT2D eigenvalue weighted by molar-refractivity contribution is 0.592. The zero-order chi connectivity index (χ0) is 30.0. The maximum atomic E-state index is 15.2. The molecule has 9 rings (SSSR count). The molecule has 0 bridgehead atoms. The van der Waals surface area contributed by atoms with Gasteiger partial charge in [0.1, 0.15) is 0 Å². The molecule has 2 aliphatic rings. The minimum atomic E-state index is -3.09. The van der Waals surface area contributed by atoms with Crippen molar-refractivity contribution in [2.24, 2.45) is 0 Å². The molecule has 0 radical (unpaired) electrons. The Bertz CT molecular complexity index is 2210. The minimum absolute atomic E-state index is 0.351. The van der Waals surface area contributed by atoms with Crippen LogP contribution < -0.4 is 15.9 Å². The zero-order valence-electron chi connectivity index (χ0n) is 24.6. The van der Waals surface area contributed by atoms with Gasteiger partial charge in [-0.15, -0.1) is 0 Å². The molecule has 7 aromatic carbocycles. The summed E-state index contributed by atoms with van der Waals surface area (Å²) in [6, 6.07) is 61.8. The lowest BCUT2D eigenvalue weighted by atomic mass is 9.70. The van der Waals surface area contributed by atoms with Gasteiger partial charge in [0.2, 0.25) is 0 Å². The fourth-order valence-electron chi connectivity index (χ4n) is 7.88. The van der Waals surface area contributed by atoms with Crippen molar-refractivity contribution in [1.82, 2.24) is 0 Å². The van der Waals surface area contributed by atoms with E-state index in [0.29, 0.717) is 0 Å². The molecular weight excluding hydrogens is 563 g/mol. The van der Waals surface area contributed by atoms with E-state index in [0.717, 1.165) is 27.0 Å². The molecule has 7 aromatic rings. The molecule has 0 aromatic heterocycles. The highest BCUT2D eigenvalue weighted by atomic mass is 31.2. The Labute approximate surface area is 263 Å². The van der Waals surface area contributed by atoms with Crippen LogP contribution in [0.25, 0.3) is 33.4 Å². The van der Waals surface area contributed by atoms with Gasteiger partial charge in [-0.3, -0.25) is 0 Å². The van der Waals surface area contributed by atoms with Gasteiger partial charge in [0.05, 0.1) is 5.41 Å². The molecule has 2 aliphatic carbocycles. The number of hydrogen-bond donors (Lipinski definition) is 0. The second-order valence-electron chi connectivity index (χ2n) is 12.0. The van der Waals surface area contributed by atoms with E-state index in [-0.39, 0.29) is 5.41 Å². The van der Waals surface area contributed by atoms with Crippen LogP contribution in [-0.4, -0.2) is 0 Å². The Morgan fingerprint density at radius 1 is 0.333 bits per heavy atom. The topological polar surface area (TPSA) is 17.1 Å². The predicted molar refractivity (Wildman–Crippen MR) is 188 cm³/mol. The largest absolute Gasteiger partial charge is 0.309 e. The van der Waals surface area contributed by atoms with Crippen LogP contribution in [0.5, 0.6) is 0 Å². The zero-order valence-corrected chi connectivity index (χ0v) is 25.5. The molecule has 45 heavy (non-hydrogen) atoms. The SMILES string of the molecule is O=P(c1ccccc1)(c1ccccc1)c1cccc(-c2ccc3c(c2)-c2ccccc2C32c3ccccc3-c3ccccc32)c1. The number of rotatable bonds is 4. The second-order valence-corrected chi connectivity index (χ2v) is 14.7. The van der Waals surface area contributed by atoms with E-state index in [1.54, 1.807) is 0 Å². The number of hydrogen-bond acceptors (Lipinski definition) is 1. The standard InChI is InChI=1S/C43H29OP/c44-45(32-15-3-1-4-16-32,33-17-5-2-6-18-33)34-19-13-14-30(28-34)31-26-27-42-38(29-31)37-22-9-12-25-41(37)43(42)39-23-10-7-20-35(39)36-21-8-11-24-40(36)43/h1-29H. The maximum Gasteiger partial charge on any atom is 0.171 e. The summed E-state index contributed by atoms with van der Waals surface area (Å²) >= 11 is 0. The van der Waals surface area contributed by atoms with Gasteiger partial charge in [-0.2, -0.15) is 0 Å². The van der Waals surface area contributed by atoms with Crippen molar-refractivity contribution in [3.05, 3.63) is 198 Å². The summed E-state index contributed by atoms with van der Waals surface area (Å²) in [4.78, 5) is 0. The summed E-state index contributed by atoms with van der Waals surface area (Å²) in [7, 11) is -3.09. The van der Waals surface area contributed by atoms with Gasteiger partial charge in [-0.1, -0.05) is 164 Å². The summed E-state index contributed by atoms with van der Waals surface area (Å²) in [6.45, 7) is 0. The molecule has 0 amide bonds. The maximum absolute atomic E-state index is 15.2. The molecule has 0 atom stereocenters. The molecule has 2 heteroatoms. The van der Waals surface area contributed by atoms with Gasteiger partial charge in [0.25, 0.3) is 0 Å². The summed E-state index contributed by atoms with van der Waals surface area (Å²) in [5.41, 5.74) is 12.3. The van der Waals surface area contributed by atoms with Crippen LogP contribution in [0, 0.1) is 0 Å². The van der Waals surface area contributed by atoms with Gasteiger partial charge >= 0.3 is 0 Å². The first-order chi connectivity index (χ1) is 22.2. The Morgan fingerprint density at radius 2 is 0.756 bits per heavy atom. The van der Waals surface area contributed by atoms with E-state index in [9.17, 15) is 0 Å². The Kier molecular flexibility index (Phi) is 5.76. The minimum Gasteiger partial charge on any atom is -0.309 e. The third kappa shape index (κ3) is 3.59. The Hall–Kier alpha value is -5.23. The Balaban J connectivity index is 1.25. The molecular formula is C43H29OP. The van der Waals surface area contributed by atoms with Gasteiger partial charge < -0.3 is 4.57 Å². The van der Waals surface area contributed by atoms with Crippen molar-refractivity contribution in [1.29, 1.82) is 0 Å². The summed E-state index contributed by atoms with van der Waals surface area (Å²) in [5.74, 6) is 0.